The summed E-state index contributed by atoms with van der Waals surface area (Å²) >= 11 is 5.78. The molecule has 0 aromatic heterocycles. The minimum Gasteiger partial charge on any atom is -0.384 e. The van der Waals surface area contributed by atoms with Crippen molar-refractivity contribution in [2.75, 3.05) is 17.6 Å². The number of aryl methyl sites for hydroxylation is 1. The lowest BCUT2D eigenvalue weighted by atomic mass is 10.2. The Balaban J connectivity index is 2.59. The van der Waals surface area contributed by atoms with Gasteiger partial charge >= 0.3 is 0 Å². The molecule has 0 bridgehead atoms. The molecule has 0 aliphatic carbocycles. The monoisotopic (exact) mass is 248 g/mol. The highest BCUT2D eigenvalue weighted by atomic mass is 35.5. The van der Waals surface area contributed by atoms with Crippen molar-refractivity contribution in [3.8, 4) is 0 Å². The molecule has 0 radical (unpaired) electrons. The molecule has 3 N–H and O–H groups in total. The van der Waals surface area contributed by atoms with Crippen molar-refractivity contribution in [3.05, 3.63) is 28.8 Å². The maximum Gasteiger partial charge on any atom is 0.210 e. The quantitative estimate of drug-likeness (QED) is 0.845. The fourth-order valence-corrected chi connectivity index (χ4v) is 1.77. The summed E-state index contributed by atoms with van der Waals surface area (Å²) in [4.78, 5) is 0. The number of primary sulfonamides is 1. The third kappa shape index (κ3) is 4.51. The molecule has 0 fully saturated rings. The van der Waals surface area contributed by atoms with Crippen LogP contribution in [0.3, 0.4) is 0 Å². The number of anilines is 1. The largest absolute Gasteiger partial charge is 0.384 e. The maximum atomic E-state index is 10.7. The number of nitrogens with one attached hydrogen (secondary N) is 1. The average molecular weight is 249 g/mol. The van der Waals surface area contributed by atoms with Crippen LogP contribution in [0.25, 0.3) is 0 Å². The number of halogens is 1. The van der Waals surface area contributed by atoms with E-state index in [9.17, 15) is 8.42 Å². The SMILES string of the molecule is Cc1cc(Cl)ccc1NCCS(N)(=O)=O. The van der Waals surface area contributed by atoms with E-state index < -0.39 is 10.0 Å². The van der Waals surface area contributed by atoms with E-state index in [-0.39, 0.29) is 5.75 Å². The molecule has 0 heterocycles. The van der Waals surface area contributed by atoms with Crippen LogP contribution in [0.1, 0.15) is 5.56 Å². The van der Waals surface area contributed by atoms with Gasteiger partial charge in [0.05, 0.1) is 5.75 Å². The molecule has 1 aromatic carbocycles. The minimum absolute atomic E-state index is 0.0882. The zero-order valence-electron chi connectivity index (χ0n) is 8.33. The van der Waals surface area contributed by atoms with Crippen molar-refractivity contribution in [2.45, 2.75) is 6.92 Å². The molecule has 1 rings (SSSR count). The van der Waals surface area contributed by atoms with Gasteiger partial charge in [0.1, 0.15) is 0 Å². The molecular weight excluding hydrogens is 236 g/mol. The summed E-state index contributed by atoms with van der Waals surface area (Å²) in [6, 6.07) is 5.36. The van der Waals surface area contributed by atoms with Gasteiger partial charge in [-0.05, 0) is 30.7 Å². The Morgan fingerprint density at radius 1 is 1.47 bits per heavy atom. The molecule has 0 unspecified atom stereocenters. The minimum atomic E-state index is -3.40. The fourth-order valence-electron chi connectivity index (χ4n) is 1.15. The first-order chi connectivity index (χ1) is 6.88. The number of benzene rings is 1. The molecule has 84 valence electrons. The van der Waals surface area contributed by atoms with Crippen LogP contribution >= 0.6 is 11.6 Å². The van der Waals surface area contributed by atoms with Gasteiger partial charge in [-0.25, -0.2) is 13.6 Å². The molecule has 0 aliphatic rings. The molecule has 1 aromatic rings. The molecular formula is C9H13ClN2O2S. The predicted octanol–water partition coefficient (Wildman–Crippen LogP) is 1.35. The third-order valence-corrected chi connectivity index (χ3v) is 2.90. The smallest absolute Gasteiger partial charge is 0.210 e. The van der Waals surface area contributed by atoms with Crippen LogP contribution in [-0.2, 0) is 10.0 Å². The first-order valence-corrected chi connectivity index (χ1v) is 6.48. The second-order valence-corrected chi connectivity index (χ2v) is 5.42. The van der Waals surface area contributed by atoms with Gasteiger partial charge in [-0.1, -0.05) is 11.6 Å². The van der Waals surface area contributed by atoms with Gasteiger partial charge < -0.3 is 5.32 Å². The summed E-state index contributed by atoms with van der Waals surface area (Å²) in [5.41, 5.74) is 1.83. The first kappa shape index (κ1) is 12.3. The van der Waals surface area contributed by atoms with Crippen molar-refractivity contribution >= 4 is 27.3 Å². The van der Waals surface area contributed by atoms with Crippen LogP contribution in [-0.4, -0.2) is 20.7 Å². The predicted molar refractivity (Wildman–Crippen MR) is 62.7 cm³/mol. The standard InChI is InChI=1S/C9H13ClN2O2S/c1-7-6-8(10)2-3-9(7)12-4-5-15(11,13)14/h2-3,6,12H,4-5H2,1H3,(H2,11,13,14). The van der Waals surface area contributed by atoms with Gasteiger partial charge in [-0.3, -0.25) is 0 Å². The molecule has 0 atom stereocenters. The molecule has 0 saturated heterocycles. The lowest BCUT2D eigenvalue weighted by Gasteiger charge is -2.08. The van der Waals surface area contributed by atoms with E-state index in [1.165, 1.54) is 0 Å². The molecule has 15 heavy (non-hydrogen) atoms. The Kier molecular flexibility index (Phi) is 3.96. The zero-order chi connectivity index (χ0) is 11.5. The first-order valence-electron chi connectivity index (χ1n) is 4.39. The number of sulfonamides is 1. The lowest BCUT2D eigenvalue weighted by molar-refractivity contribution is 0.598. The Labute approximate surface area is 94.5 Å². The van der Waals surface area contributed by atoms with Crippen LogP contribution in [0.4, 0.5) is 5.69 Å². The van der Waals surface area contributed by atoms with Crippen LogP contribution in [0.5, 0.6) is 0 Å². The van der Waals surface area contributed by atoms with Crippen molar-refractivity contribution in [2.24, 2.45) is 5.14 Å². The van der Waals surface area contributed by atoms with Gasteiger partial charge in [0.2, 0.25) is 10.0 Å². The molecule has 0 aliphatic heterocycles. The Morgan fingerprint density at radius 3 is 2.67 bits per heavy atom. The molecule has 4 nitrogen and oxygen atoms in total. The van der Waals surface area contributed by atoms with Crippen LogP contribution in [0.15, 0.2) is 18.2 Å². The second-order valence-electron chi connectivity index (χ2n) is 3.25. The third-order valence-electron chi connectivity index (χ3n) is 1.89. The summed E-state index contributed by atoms with van der Waals surface area (Å²) < 4.78 is 21.4. The zero-order valence-corrected chi connectivity index (χ0v) is 9.90. The number of nitrogens with two attached hydrogens (primary N) is 1. The van der Waals surface area contributed by atoms with Crippen molar-refractivity contribution in [1.82, 2.24) is 0 Å². The number of rotatable bonds is 4. The van der Waals surface area contributed by atoms with E-state index >= 15 is 0 Å². The Bertz CT molecular complexity index is 445. The average Bonchev–Trinajstić information content (AvgIpc) is 2.07. The van der Waals surface area contributed by atoms with E-state index in [1.54, 1.807) is 18.2 Å². The van der Waals surface area contributed by atoms with Crippen LogP contribution in [0, 0.1) is 6.92 Å². The highest BCUT2D eigenvalue weighted by molar-refractivity contribution is 7.89. The van der Waals surface area contributed by atoms with E-state index in [4.69, 9.17) is 16.7 Å². The molecule has 0 amide bonds. The summed E-state index contributed by atoms with van der Waals surface area (Å²) in [5.74, 6) is -0.0882. The lowest BCUT2D eigenvalue weighted by Crippen LogP contribution is -2.22. The maximum absolute atomic E-state index is 10.7. The van der Waals surface area contributed by atoms with E-state index in [1.807, 2.05) is 6.92 Å². The number of hydrogen-bond donors (Lipinski definition) is 2. The van der Waals surface area contributed by atoms with Gasteiger partial charge in [0.15, 0.2) is 0 Å². The summed E-state index contributed by atoms with van der Waals surface area (Å²) in [6.07, 6.45) is 0. The van der Waals surface area contributed by atoms with Gasteiger partial charge in [0.25, 0.3) is 0 Å². The number of hydrogen-bond acceptors (Lipinski definition) is 3. The van der Waals surface area contributed by atoms with E-state index in [0.29, 0.717) is 11.6 Å². The summed E-state index contributed by atoms with van der Waals surface area (Å²) in [5, 5.41) is 8.51. The molecule has 0 saturated carbocycles. The van der Waals surface area contributed by atoms with Crippen molar-refractivity contribution in [3.63, 3.8) is 0 Å². The van der Waals surface area contributed by atoms with Crippen LogP contribution < -0.4 is 10.5 Å². The topological polar surface area (TPSA) is 72.2 Å². The fraction of sp³-hybridized carbons (Fsp3) is 0.333. The summed E-state index contributed by atoms with van der Waals surface area (Å²) in [7, 11) is -3.40. The van der Waals surface area contributed by atoms with Gasteiger partial charge in [-0.2, -0.15) is 0 Å². The van der Waals surface area contributed by atoms with Gasteiger partial charge in [0, 0.05) is 17.3 Å². The van der Waals surface area contributed by atoms with Crippen molar-refractivity contribution < 1.29 is 8.42 Å². The summed E-state index contributed by atoms with van der Waals surface area (Å²) in [6.45, 7) is 2.19. The van der Waals surface area contributed by atoms with E-state index in [2.05, 4.69) is 5.32 Å². The normalized spacial score (nSPS) is 11.4. The van der Waals surface area contributed by atoms with Crippen LogP contribution in [0.2, 0.25) is 5.02 Å². The molecule has 6 heteroatoms. The Morgan fingerprint density at radius 2 is 2.13 bits per heavy atom. The van der Waals surface area contributed by atoms with Gasteiger partial charge in [-0.15, -0.1) is 0 Å². The molecule has 0 spiro atoms. The second kappa shape index (κ2) is 4.83. The highest BCUT2D eigenvalue weighted by Gasteiger charge is 2.03. The van der Waals surface area contributed by atoms with E-state index in [0.717, 1.165) is 11.3 Å². The van der Waals surface area contributed by atoms with Crippen molar-refractivity contribution in [1.29, 1.82) is 0 Å². The highest BCUT2D eigenvalue weighted by Crippen LogP contribution is 2.19. The Hall–Kier alpha value is -0.780.